The number of nitro groups is 1. The number of nitro benzene ring substituents is 1. The molecular weight excluding hydrogens is 312 g/mol. The van der Waals surface area contributed by atoms with Crippen molar-refractivity contribution in [3.63, 3.8) is 0 Å². The molecule has 0 aliphatic carbocycles. The fourth-order valence-corrected chi connectivity index (χ4v) is 2.72. The number of hydrogen-bond acceptors (Lipinski definition) is 5. The van der Waals surface area contributed by atoms with Gasteiger partial charge in [-0.25, -0.2) is 0 Å². The number of likely N-dealkylation sites (tertiary alicyclic amines) is 1. The Labute approximate surface area is 140 Å². The van der Waals surface area contributed by atoms with Gasteiger partial charge in [-0.2, -0.15) is 0 Å². The molecule has 2 amide bonds. The van der Waals surface area contributed by atoms with E-state index in [1.165, 1.54) is 6.07 Å². The zero-order chi connectivity index (χ0) is 17.7. The molecule has 1 aromatic carbocycles. The molecule has 8 heteroatoms. The van der Waals surface area contributed by atoms with Gasteiger partial charge in [-0.3, -0.25) is 19.7 Å². The summed E-state index contributed by atoms with van der Waals surface area (Å²) in [6.07, 6.45) is 0.238. The molecule has 1 heterocycles. The lowest BCUT2D eigenvalue weighted by Gasteiger charge is -2.20. The third-order valence-electron chi connectivity index (χ3n) is 3.99. The Morgan fingerprint density at radius 3 is 2.71 bits per heavy atom. The number of anilines is 1. The third kappa shape index (κ3) is 4.21. The highest BCUT2D eigenvalue weighted by Gasteiger charge is 2.35. The molecule has 1 unspecified atom stereocenters. The third-order valence-corrected chi connectivity index (χ3v) is 3.99. The number of para-hydroxylation sites is 2. The highest BCUT2D eigenvalue weighted by atomic mass is 16.6. The van der Waals surface area contributed by atoms with Crippen LogP contribution in [0.1, 0.15) is 20.3 Å². The van der Waals surface area contributed by atoms with E-state index in [0.29, 0.717) is 25.3 Å². The van der Waals surface area contributed by atoms with Crippen molar-refractivity contribution in [2.24, 2.45) is 5.92 Å². The van der Waals surface area contributed by atoms with Gasteiger partial charge in [-0.15, -0.1) is 0 Å². The number of hydrogen-bond donors (Lipinski definition) is 2. The molecule has 2 rings (SSSR count). The quantitative estimate of drug-likeness (QED) is 0.445. The molecule has 0 radical (unpaired) electrons. The van der Waals surface area contributed by atoms with Crippen LogP contribution in [0, 0.1) is 16.0 Å². The lowest BCUT2D eigenvalue weighted by atomic mass is 10.1. The monoisotopic (exact) mass is 334 g/mol. The van der Waals surface area contributed by atoms with E-state index in [0.717, 1.165) is 0 Å². The van der Waals surface area contributed by atoms with Crippen LogP contribution in [0.5, 0.6) is 0 Å². The van der Waals surface area contributed by atoms with E-state index in [1.807, 2.05) is 13.8 Å². The van der Waals surface area contributed by atoms with Crippen molar-refractivity contribution < 1.29 is 14.5 Å². The molecule has 1 atom stereocenters. The van der Waals surface area contributed by atoms with E-state index in [-0.39, 0.29) is 35.9 Å². The number of rotatable bonds is 7. The predicted molar refractivity (Wildman–Crippen MR) is 89.6 cm³/mol. The van der Waals surface area contributed by atoms with E-state index in [9.17, 15) is 19.7 Å². The van der Waals surface area contributed by atoms with Crippen LogP contribution in [0.4, 0.5) is 11.4 Å². The second-order valence-electron chi connectivity index (χ2n) is 6.03. The number of carbonyl (C=O) groups excluding carboxylic acids is 2. The van der Waals surface area contributed by atoms with E-state index in [4.69, 9.17) is 0 Å². The van der Waals surface area contributed by atoms with Crippen LogP contribution in [-0.2, 0) is 9.59 Å². The fourth-order valence-electron chi connectivity index (χ4n) is 2.72. The van der Waals surface area contributed by atoms with Gasteiger partial charge in [-0.05, 0) is 19.9 Å². The Bertz CT molecular complexity index is 632. The van der Waals surface area contributed by atoms with Crippen LogP contribution in [-0.4, -0.2) is 47.3 Å². The van der Waals surface area contributed by atoms with Crippen molar-refractivity contribution in [3.05, 3.63) is 34.4 Å². The van der Waals surface area contributed by atoms with Gasteiger partial charge < -0.3 is 15.5 Å². The Morgan fingerprint density at radius 1 is 1.38 bits per heavy atom. The summed E-state index contributed by atoms with van der Waals surface area (Å²) in [6, 6.07) is 6.44. The summed E-state index contributed by atoms with van der Waals surface area (Å²) in [6.45, 7) is 4.99. The second-order valence-corrected chi connectivity index (χ2v) is 6.03. The molecule has 1 fully saturated rings. The molecule has 0 spiro atoms. The number of nitrogens with zero attached hydrogens (tertiary/aromatic N) is 2. The first-order chi connectivity index (χ1) is 11.4. The number of nitrogens with one attached hydrogen (secondary N) is 2. The average Bonchev–Trinajstić information content (AvgIpc) is 2.94. The van der Waals surface area contributed by atoms with Gasteiger partial charge in [0.15, 0.2) is 0 Å². The molecule has 8 nitrogen and oxygen atoms in total. The SMILES string of the molecule is CC(C)N1CC(C(=O)NCCNc2ccccc2[N+](=O)[O-])CC1=O. The van der Waals surface area contributed by atoms with Gasteiger partial charge in [0.1, 0.15) is 5.69 Å². The minimum absolute atomic E-state index is 0.00205. The molecule has 24 heavy (non-hydrogen) atoms. The summed E-state index contributed by atoms with van der Waals surface area (Å²) in [5.74, 6) is -0.481. The highest BCUT2D eigenvalue weighted by Crippen LogP contribution is 2.23. The summed E-state index contributed by atoms with van der Waals surface area (Å²) in [5, 5.41) is 16.6. The van der Waals surface area contributed by atoms with Gasteiger partial charge in [0.05, 0.1) is 10.8 Å². The predicted octanol–water partition coefficient (Wildman–Crippen LogP) is 1.38. The first kappa shape index (κ1) is 17.7. The second kappa shape index (κ2) is 7.76. The van der Waals surface area contributed by atoms with Gasteiger partial charge >= 0.3 is 0 Å². The number of carbonyl (C=O) groups is 2. The molecule has 1 saturated heterocycles. The molecule has 0 aromatic heterocycles. The van der Waals surface area contributed by atoms with Crippen LogP contribution in [0.15, 0.2) is 24.3 Å². The van der Waals surface area contributed by atoms with E-state index in [1.54, 1.807) is 23.1 Å². The molecular formula is C16H22N4O4. The maximum absolute atomic E-state index is 12.1. The topological polar surface area (TPSA) is 105 Å². The highest BCUT2D eigenvalue weighted by molar-refractivity contribution is 5.89. The molecule has 1 aliphatic rings. The molecule has 0 saturated carbocycles. The first-order valence-electron chi connectivity index (χ1n) is 7.94. The van der Waals surface area contributed by atoms with Crippen LogP contribution in [0.3, 0.4) is 0 Å². The van der Waals surface area contributed by atoms with Gasteiger partial charge in [0.2, 0.25) is 11.8 Å². The van der Waals surface area contributed by atoms with Crippen molar-refractivity contribution in [2.75, 3.05) is 25.0 Å². The zero-order valence-electron chi connectivity index (χ0n) is 13.8. The maximum Gasteiger partial charge on any atom is 0.292 e. The van der Waals surface area contributed by atoms with Crippen molar-refractivity contribution in [1.29, 1.82) is 0 Å². The Balaban J connectivity index is 1.78. The summed E-state index contributed by atoms with van der Waals surface area (Å²) >= 11 is 0. The normalized spacial score (nSPS) is 17.2. The average molecular weight is 334 g/mol. The minimum atomic E-state index is -0.453. The molecule has 1 aromatic rings. The van der Waals surface area contributed by atoms with Gasteiger partial charge in [-0.1, -0.05) is 12.1 Å². The molecule has 2 N–H and O–H groups in total. The molecule has 0 bridgehead atoms. The van der Waals surface area contributed by atoms with E-state index in [2.05, 4.69) is 10.6 Å². The standard InChI is InChI=1S/C16H22N4O4/c1-11(2)19-10-12(9-15(19)21)16(22)18-8-7-17-13-5-3-4-6-14(13)20(23)24/h3-6,11-12,17H,7-10H2,1-2H3,(H,18,22). The van der Waals surface area contributed by atoms with Crippen LogP contribution < -0.4 is 10.6 Å². The fraction of sp³-hybridized carbons (Fsp3) is 0.500. The van der Waals surface area contributed by atoms with Crippen LogP contribution >= 0.6 is 0 Å². The summed E-state index contributed by atoms with van der Waals surface area (Å²) < 4.78 is 0. The zero-order valence-corrected chi connectivity index (χ0v) is 13.8. The lowest BCUT2D eigenvalue weighted by molar-refractivity contribution is -0.384. The van der Waals surface area contributed by atoms with Gasteiger partial charge in [0.25, 0.3) is 5.69 Å². The van der Waals surface area contributed by atoms with Crippen molar-refractivity contribution >= 4 is 23.2 Å². The van der Waals surface area contributed by atoms with Crippen molar-refractivity contribution in [3.8, 4) is 0 Å². The summed E-state index contributed by atoms with van der Waals surface area (Å²) in [7, 11) is 0. The Kier molecular flexibility index (Phi) is 5.73. The number of benzene rings is 1. The largest absolute Gasteiger partial charge is 0.378 e. The smallest absolute Gasteiger partial charge is 0.292 e. The Hall–Kier alpha value is -2.64. The molecule has 130 valence electrons. The Morgan fingerprint density at radius 2 is 2.08 bits per heavy atom. The minimum Gasteiger partial charge on any atom is -0.378 e. The van der Waals surface area contributed by atoms with Crippen molar-refractivity contribution in [2.45, 2.75) is 26.3 Å². The maximum atomic E-state index is 12.1. The molecule has 1 aliphatic heterocycles. The van der Waals surface area contributed by atoms with E-state index >= 15 is 0 Å². The van der Waals surface area contributed by atoms with Crippen LogP contribution in [0.2, 0.25) is 0 Å². The summed E-state index contributed by atoms with van der Waals surface area (Å²) in [4.78, 5) is 36.1. The lowest BCUT2D eigenvalue weighted by Crippen LogP contribution is -2.37. The first-order valence-corrected chi connectivity index (χ1v) is 7.94. The van der Waals surface area contributed by atoms with Crippen LogP contribution in [0.25, 0.3) is 0 Å². The van der Waals surface area contributed by atoms with E-state index < -0.39 is 4.92 Å². The summed E-state index contributed by atoms with van der Waals surface area (Å²) in [5.41, 5.74) is 0.413. The number of amides is 2. The van der Waals surface area contributed by atoms with Crippen molar-refractivity contribution in [1.82, 2.24) is 10.2 Å². The van der Waals surface area contributed by atoms with Gasteiger partial charge in [0, 0.05) is 38.2 Å².